The zero-order valence-electron chi connectivity index (χ0n) is 10.7. The Hall–Kier alpha value is -1.16. The Morgan fingerprint density at radius 3 is 2.65 bits per heavy atom. The lowest BCUT2D eigenvalue weighted by Crippen LogP contribution is -2.33. The van der Waals surface area contributed by atoms with Crippen molar-refractivity contribution in [3.8, 4) is 0 Å². The second kappa shape index (κ2) is 5.45. The van der Waals surface area contributed by atoms with Gasteiger partial charge in [0.15, 0.2) is 0 Å². The molecule has 0 aromatic carbocycles. The molecule has 0 atom stereocenters. The first-order valence-corrected chi connectivity index (χ1v) is 6.54. The molecule has 1 aliphatic rings. The summed E-state index contributed by atoms with van der Waals surface area (Å²) in [6.45, 7) is 4.06. The highest BCUT2D eigenvalue weighted by molar-refractivity contribution is 5.37. The van der Waals surface area contributed by atoms with E-state index < -0.39 is 0 Å². The molecule has 3 N–H and O–H groups in total. The highest BCUT2D eigenvalue weighted by Crippen LogP contribution is 2.20. The molecule has 0 saturated heterocycles. The maximum absolute atomic E-state index is 5.91. The fourth-order valence-corrected chi connectivity index (χ4v) is 2.36. The number of anilines is 1. The predicted molar refractivity (Wildman–Crippen MR) is 70.0 cm³/mol. The van der Waals surface area contributed by atoms with Gasteiger partial charge in [-0.05, 0) is 39.0 Å². The van der Waals surface area contributed by atoms with Crippen molar-refractivity contribution >= 4 is 5.82 Å². The number of nitrogens with zero attached hydrogens (tertiary/aromatic N) is 2. The molecule has 1 aromatic rings. The van der Waals surface area contributed by atoms with Crippen LogP contribution in [-0.2, 0) is 6.42 Å². The summed E-state index contributed by atoms with van der Waals surface area (Å²) in [7, 11) is 0. The molecular formula is C13H22N4. The van der Waals surface area contributed by atoms with Gasteiger partial charge in [-0.1, -0.05) is 6.92 Å². The number of hydrogen-bond donors (Lipinski definition) is 2. The molecular weight excluding hydrogens is 212 g/mol. The smallest absolute Gasteiger partial charge is 0.130 e. The van der Waals surface area contributed by atoms with Crippen LogP contribution in [-0.4, -0.2) is 22.1 Å². The second-order valence-corrected chi connectivity index (χ2v) is 4.90. The van der Waals surface area contributed by atoms with Gasteiger partial charge in [0.1, 0.15) is 11.6 Å². The number of nitrogens with one attached hydrogen (secondary N) is 1. The lowest BCUT2D eigenvalue weighted by atomic mass is 9.92. The average molecular weight is 234 g/mol. The molecule has 0 aliphatic heterocycles. The Balaban J connectivity index is 2.00. The van der Waals surface area contributed by atoms with Crippen LogP contribution in [0.3, 0.4) is 0 Å². The third-order valence-corrected chi connectivity index (χ3v) is 3.38. The summed E-state index contributed by atoms with van der Waals surface area (Å²) in [6.07, 6.45) is 5.47. The highest BCUT2D eigenvalue weighted by Gasteiger charge is 2.18. The lowest BCUT2D eigenvalue weighted by molar-refractivity contribution is 0.410. The molecule has 0 amide bonds. The summed E-state index contributed by atoms with van der Waals surface area (Å²) in [5.41, 5.74) is 7.01. The van der Waals surface area contributed by atoms with Gasteiger partial charge in [0.2, 0.25) is 0 Å². The van der Waals surface area contributed by atoms with Crippen LogP contribution in [0, 0.1) is 6.92 Å². The quantitative estimate of drug-likeness (QED) is 0.840. The largest absolute Gasteiger partial charge is 0.367 e. The van der Waals surface area contributed by atoms with E-state index in [1.165, 1.54) is 0 Å². The van der Waals surface area contributed by atoms with E-state index in [1.807, 2.05) is 6.92 Å². The van der Waals surface area contributed by atoms with Gasteiger partial charge < -0.3 is 11.1 Å². The molecule has 4 heteroatoms. The zero-order valence-corrected chi connectivity index (χ0v) is 10.7. The first-order valence-electron chi connectivity index (χ1n) is 6.54. The fourth-order valence-electron chi connectivity index (χ4n) is 2.36. The molecule has 17 heavy (non-hydrogen) atoms. The summed E-state index contributed by atoms with van der Waals surface area (Å²) >= 11 is 0. The van der Waals surface area contributed by atoms with E-state index in [1.54, 1.807) is 0 Å². The second-order valence-electron chi connectivity index (χ2n) is 4.90. The third kappa shape index (κ3) is 3.40. The third-order valence-electron chi connectivity index (χ3n) is 3.38. The molecule has 0 unspecified atom stereocenters. The fraction of sp³-hybridized carbons (Fsp3) is 0.692. The minimum Gasteiger partial charge on any atom is -0.367 e. The van der Waals surface area contributed by atoms with Gasteiger partial charge in [-0.15, -0.1) is 0 Å². The summed E-state index contributed by atoms with van der Waals surface area (Å²) in [4.78, 5) is 8.83. The number of aryl methyl sites for hydroxylation is 2. The Morgan fingerprint density at radius 2 is 2.00 bits per heavy atom. The maximum atomic E-state index is 5.91. The van der Waals surface area contributed by atoms with E-state index >= 15 is 0 Å². The molecule has 4 nitrogen and oxygen atoms in total. The molecule has 1 heterocycles. The minimum atomic E-state index is 0.395. The Kier molecular flexibility index (Phi) is 3.94. The molecule has 2 rings (SSSR count). The SMILES string of the molecule is CCc1cc(NC2CCC(N)CC2)nc(C)n1. The lowest BCUT2D eigenvalue weighted by Gasteiger charge is -2.27. The van der Waals surface area contributed by atoms with Gasteiger partial charge >= 0.3 is 0 Å². The van der Waals surface area contributed by atoms with Gasteiger partial charge in [0, 0.05) is 23.8 Å². The first kappa shape index (κ1) is 12.3. The van der Waals surface area contributed by atoms with E-state index in [2.05, 4.69) is 28.3 Å². The number of rotatable bonds is 3. The molecule has 1 fully saturated rings. The molecule has 1 saturated carbocycles. The molecule has 0 bridgehead atoms. The summed E-state index contributed by atoms with van der Waals surface area (Å²) in [5.74, 6) is 1.81. The van der Waals surface area contributed by atoms with Crippen LogP contribution < -0.4 is 11.1 Å². The summed E-state index contributed by atoms with van der Waals surface area (Å²) in [6, 6.07) is 2.97. The van der Waals surface area contributed by atoms with E-state index in [0.717, 1.165) is 49.4 Å². The van der Waals surface area contributed by atoms with Crippen LogP contribution in [0.15, 0.2) is 6.07 Å². The van der Waals surface area contributed by atoms with Gasteiger partial charge in [0.05, 0.1) is 0 Å². The highest BCUT2D eigenvalue weighted by atomic mass is 15.0. The van der Waals surface area contributed by atoms with Crippen LogP contribution in [0.1, 0.15) is 44.1 Å². The van der Waals surface area contributed by atoms with Crippen molar-refractivity contribution in [3.05, 3.63) is 17.6 Å². The Bertz CT molecular complexity index is 370. The first-order chi connectivity index (χ1) is 8.17. The number of hydrogen-bond acceptors (Lipinski definition) is 4. The van der Waals surface area contributed by atoms with Crippen LogP contribution >= 0.6 is 0 Å². The molecule has 1 aliphatic carbocycles. The summed E-state index contributed by atoms with van der Waals surface area (Å²) in [5, 5.41) is 3.51. The predicted octanol–water partition coefficient (Wildman–Crippen LogP) is 2.03. The van der Waals surface area contributed by atoms with E-state index in [9.17, 15) is 0 Å². The minimum absolute atomic E-state index is 0.395. The molecule has 1 aromatic heterocycles. The number of aromatic nitrogens is 2. The molecule has 0 radical (unpaired) electrons. The van der Waals surface area contributed by atoms with E-state index in [0.29, 0.717) is 12.1 Å². The average Bonchev–Trinajstić information content (AvgIpc) is 2.31. The van der Waals surface area contributed by atoms with Crippen molar-refractivity contribution in [1.82, 2.24) is 9.97 Å². The standard InChI is InChI=1S/C13H22N4/c1-3-11-8-13(16-9(2)15-11)17-12-6-4-10(14)5-7-12/h8,10,12H,3-7,14H2,1-2H3,(H,15,16,17). The van der Waals surface area contributed by atoms with E-state index in [-0.39, 0.29) is 0 Å². The van der Waals surface area contributed by atoms with Crippen molar-refractivity contribution < 1.29 is 0 Å². The van der Waals surface area contributed by atoms with Crippen molar-refractivity contribution in [2.24, 2.45) is 5.73 Å². The van der Waals surface area contributed by atoms with Crippen molar-refractivity contribution in [1.29, 1.82) is 0 Å². The zero-order chi connectivity index (χ0) is 12.3. The Labute approximate surface area is 103 Å². The Morgan fingerprint density at radius 1 is 1.29 bits per heavy atom. The van der Waals surface area contributed by atoms with Crippen LogP contribution in [0.25, 0.3) is 0 Å². The summed E-state index contributed by atoms with van der Waals surface area (Å²) < 4.78 is 0. The van der Waals surface area contributed by atoms with Crippen LogP contribution in [0.5, 0.6) is 0 Å². The van der Waals surface area contributed by atoms with Crippen molar-refractivity contribution in [2.75, 3.05) is 5.32 Å². The van der Waals surface area contributed by atoms with E-state index in [4.69, 9.17) is 5.73 Å². The molecule has 94 valence electrons. The van der Waals surface area contributed by atoms with Crippen LogP contribution in [0.2, 0.25) is 0 Å². The normalized spacial score (nSPS) is 24.6. The topological polar surface area (TPSA) is 63.8 Å². The van der Waals surface area contributed by atoms with Crippen molar-refractivity contribution in [3.63, 3.8) is 0 Å². The van der Waals surface area contributed by atoms with Gasteiger partial charge in [-0.25, -0.2) is 9.97 Å². The van der Waals surface area contributed by atoms with Gasteiger partial charge in [-0.2, -0.15) is 0 Å². The van der Waals surface area contributed by atoms with Gasteiger partial charge in [0.25, 0.3) is 0 Å². The van der Waals surface area contributed by atoms with Crippen molar-refractivity contribution in [2.45, 2.75) is 58.0 Å². The van der Waals surface area contributed by atoms with Gasteiger partial charge in [-0.3, -0.25) is 0 Å². The monoisotopic (exact) mass is 234 g/mol. The molecule has 0 spiro atoms. The number of nitrogens with two attached hydrogens (primary N) is 1. The maximum Gasteiger partial charge on any atom is 0.130 e. The van der Waals surface area contributed by atoms with Crippen LogP contribution in [0.4, 0.5) is 5.82 Å².